The number of likely N-dealkylation sites (tertiary alicyclic amines) is 1. The molecule has 6 heteroatoms. The zero-order chi connectivity index (χ0) is 22.0. The molecule has 3 unspecified atom stereocenters. The Morgan fingerprint density at radius 1 is 1.06 bits per heavy atom. The van der Waals surface area contributed by atoms with Crippen LogP contribution in [0.15, 0.2) is 30.0 Å². The van der Waals surface area contributed by atoms with Gasteiger partial charge in [0.1, 0.15) is 11.4 Å². The first-order valence-corrected chi connectivity index (χ1v) is 11.7. The van der Waals surface area contributed by atoms with Gasteiger partial charge in [-0.2, -0.15) is 0 Å². The summed E-state index contributed by atoms with van der Waals surface area (Å²) in [6.07, 6.45) is 3.90. The maximum absolute atomic E-state index is 13.5. The molecule has 168 valence electrons. The Bertz CT molecular complexity index is 832. The number of amides is 2. The smallest absolute Gasteiger partial charge is 0.277 e. The first-order chi connectivity index (χ1) is 15.0. The standard InChI is InChI=1S/C25H34N2O4/c1-4-11-30-20-9-7-19(8-10-20)22-23(26-14-17(2)13-18(3)15-26)25(29)27(24(22)28)16-21-6-5-12-31-21/h7-10,17-18,21H,4-6,11-16H2,1-3H3. The molecule has 0 spiro atoms. The average molecular weight is 427 g/mol. The zero-order valence-electron chi connectivity index (χ0n) is 18.9. The van der Waals surface area contributed by atoms with Gasteiger partial charge in [-0.05, 0) is 55.2 Å². The highest BCUT2D eigenvalue weighted by atomic mass is 16.5. The van der Waals surface area contributed by atoms with Crippen molar-refractivity contribution in [1.29, 1.82) is 0 Å². The molecule has 6 nitrogen and oxygen atoms in total. The van der Waals surface area contributed by atoms with E-state index in [1.165, 1.54) is 4.90 Å². The summed E-state index contributed by atoms with van der Waals surface area (Å²) in [6.45, 7) is 9.79. The summed E-state index contributed by atoms with van der Waals surface area (Å²) >= 11 is 0. The van der Waals surface area contributed by atoms with Crippen molar-refractivity contribution in [1.82, 2.24) is 9.80 Å². The third-order valence-corrected chi connectivity index (χ3v) is 6.35. The Kier molecular flexibility index (Phi) is 6.65. The van der Waals surface area contributed by atoms with E-state index in [4.69, 9.17) is 9.47 Å². The molecular formula is C25H34N2O4. The molecule has 0 radical (unpaired) electrons. The fraction of sp³-hybridized carbons (Fsp3) is 0.600. The number of imide groups is 1. The van der Waals surface area contributed by atoms with E-state index in [-0.39, 0.29) is 17.9 Å². The van der Waals surface area contributed by atoms with Crippen molar-refractivity contribution in [2.45, 2.75) is 52.6 Å². The van der Waals surface area contributed by atoms with E-state index in [1.807, 2.05) is 24.3 Å². The molecule has 3 heterocycles. The van der Waals surface area contributed by atoms with E-state index in [9.17, 15) is 9.59 Å². The molecule has 3 aliphatic heterocycles. The van der Waals surface area contributed by atoms with Crippen LogP contribution in [0.25, 0.3) is 5.57 Å². The maximum atomic E-state index is 13.5. The summed E-state index contributed by atoms with van der Waals surface area (Å²) in [4.78, 5) is 30.6. The summed E-state index contributed by atoms with van der Waals surface area (Å²) in [5.41, 5.74) is 1.85. The van der Waals surface area contributed by atoms with Crippen LogP contribution in [0.1, 0.15) is 52.0 Å². The van der Waals surface area contributed by atoms with Crippen LogP contribution in [0.4, 0.5) is 0 Å². The van der Waals surface area contributed by atoms with Gasteiger partial charge in [-0.25, -0.2) is 0 Å². The molecule has 2 saturated heterocycles. The van der Waals surface area contributed by atoms with Crippen LogP contribution < -0.4 is 4.74 Å². The Hall–Kier alpha value is -2.34. The fourth-order valence-electron chi connectivity index (χ4n) is 5.06. The van der Waals surface area contributed by atoms with Crippen LogP contribution in [0.2, 0.25) is 0 Å². The Morgan fingerprint density at radius 2 is 1.77 bits per heavy atom. The third-order valence-electron chi connectivity index (χ3n) is 6.35. The number of benzene rings is 1. The molecule has 31 heavy (non-hydrogen) atoms. The van der Waals surface area contributed by atoms with Crippen LogP contribution in [0.5, 0.6) is 5.75 Å². The molecule has 0 aromatic heterocycles. The minimum Gasteiger partial charge on any atom is -0.494 e. The molecule has 2 amide bonds. The molecule has 1 aromatic rings. The zero-order valence-corrected chi connectivity index (χ0v) is 18.9. The van der Waals surface area contributed by atoms with E-state index in [1.54, 1.807) is 0 Å². The number of piperidine rings is 1. The van der Waals surface area contributed by atoms with Crippen molar-refractivity contribution in [3.8, 4) is 5.75 Å². The predicted molar refractivity (Wildman–Crippen MR) is 119 cm³/mol. The van der Waals surface area contributed by atoms with Gasteiger partial charge in [-0.15, -0.1) is 0 Å². The topological polar surface area (TPSA) is 59.1 Å². The minimum absolute atomic E-state index is 0.0578. The van der Waals surface area contributed by atoms with Crippen LogP contribution in [-0.2, 0) is 14.3 Å². The second-order valence-electron chi connectivity index (χ2n) is 9.30. The first kappa shape index (κ1) is 21.9. The van der Waals surface area contributed by atoms with Gasteiger partial charge in [0.15, 0.2) is 0 Å². The molecule has 0 saturated carbocycles. The maximum Gasteiger partial charge on any atom is 0.277 e. The summed E-state index contributed by atoms with van der Waals surface area (Å²) in [6, 6.07) is 7.57. The van der Waals surface area contributed by atoms with Gasteiger partial charge >= 0.3 is 0 Å². The lowest BCUT2D eigenvalue weighted by Gasteiger charge is -2.37. The Labute approximate surface area is 185 Å². The molecule has 4 rings (SSSR count). The molecule has 3 aliphatic rings. The summed E-state index contributed by atoms with van der Waals surface area (Å²) in [7, 11) is 0. The lowest BCUT2D eigenvalue weighted by molar-refractivity contribution is -0.139. The van der Waals surface area contributed by atoms with Crippen LogP contribution in [0.3, 0.4) is 0 Å². The molecule has 3 atom stereocenters. The minimum atomic E-state index is -0.205. The van der Waals surface area contributed by atoms with Crippen molar-refractivity contribution in [2.24, 2.45) is 11.8 Å². The fourth-order valence-corrected chi connectivity index (χ4v) is 5.06. The monoisotopic (exact) mass is 426 g/mol. The van der Waals surface area contributed by atoms with Crippen molar-refractivity contribution in [3.63, 3.8) is 0 Å². The van der Waals surface area contributed by atoms with Gasteiger partial charge in [-0.1, -0.05) is 32.9 Å². The Balaban J connectivity index is 1.67. The second kappa shape index (κ2) is 9.43. The van der Waals surface area contributed by atoms with E-state index in [0.717, 1.165) is 50.1 Å². The van der Waals surface area contributed by atoms with Crippen LogP contribution >= 0.6 is 0 Å². The number of ether oxygens (including phenoxy) is 2. The number of rotatable bonds is 7. The van der Waals surface area contributed by atoms with Crippen molar-refractivity contribution >= 4 is 17.4 Å². The number of carbonyl (C=O) groups is 2. The highest BCUT2D eigenvalue weighted by Crippen LogP contribution is 2.36. The number of hydrogen-bond acceptors (Lipinski definition) is 5. The molecule has 1 aromatic carbocycles. The van der Waals surface area contributed by atoms with Crippen molar-refractivity contribution in [3.05, 3.63) is 35.5 Å². The summed E-state index contributed by atoms with van der Waals surface area (Å²) < 4.78 is 11.4. The normalized spacial score (nSPS) is 26.9. The number of nitrogens with zero attached hydrogens (tertiary/aromatic N) is 2. The van der Waals surface area contributed by atoms with Crippen molar-refractivity contribution < 1.29 is 19.1 Å². The quantitative estimate of drug-likeness (QED) is 0.622. The largest absolute Gasteiger partial charge is 0.494 e. The second-order valence-corrected chi connectivity index (χ2v) is 9.30. The van der Waals surface area contributed by atoms with Gasteiger partial charge in [0.25, 0.3) is 11.8 Å². The van der Waals surface area contributed by atoms with Gasteiger partial charge < -0.3 is 14.4 Å². The third kappa shape index (κ3) is 4.64. The van der Waals surface area contributed by atoms with Crippen LogP contribution in [-0.4, -0.2) is 60.6 Å². The number of hydrogen-bond donors (Lipinski definition) is 0. The summed E-state index contributed by atoms with van der Waals surface area (Å²) in [5, 5.41) is 0. The van der Waals surface area contributed by atoms with Gasteiger partial charge in [-0.3, -0.25) is 14.5 Å². The molecule has 0 N–H and O–H groups in total. The van der Waals surface area contributed by atoms with E-state index < -0.39 is 0 Å². The lowest BCUT2D eigenvalue weighted by Crippen LogP contribution is -2.43. The van der Waals surface area contributed by atoms with E-state index in [2.05, 4.69) is 25.7 Å². The van der Waals surface area contributed by atoms with E-state index in [0.29, 0.717) is 42.9 Å². The highest BCUT2D eigenvalue weighted by molar-refractivity contribution is 6.35. The first-order valence-electron chi connectivity index (χ1n) is 11.7. The molecule has 2 fully saturated rings. The highest BCUT2D eigenvalue weighted by Gasteiger charge is 2.43. The van der Waals surface area contributed by atoms with Gasteiger partial charge in [0, 0.05) is 19.7 Å². The molecule has 0 bridgehead atoms. The van der Waals surface area contributed by atoms with Crippen molar-refractivity contribution in [2.75, 3.05) is 32.8 Å². The van der Waals surface area contributed by atoms with Gasteiger partial charge in [0.2, 0.25) is 0 Å². The summed E-state index contributed by atoms with van der Waals surface area (Å²) in [5.74, 6) is 1.36. The molecular weight excluding hydrogens is 392 g/mol. The number of carbonyl (C=O) groups excluding carboxylic acids is 2. The van der Waals surface area contributed by atoms with Gasteiger partial charge in [0.05, 0.1) is 24.8 Å². The lowest BCUT2D eigenvalue weighted by atomic mass is 9.91. The Morgan fingerprint density at radius 3 is 2.39 bits per heavy atom. The predicted octanol–water partition coefficient (Wildman–Crippen LogP) is 3.71. The van der Waals surface area contributed by atoms with Crippen LogP contribution in [0, 0.1) is 11.8 Å². The molecule has 0 aliphatic carbocycles. The SMILES string of the molecule is CCCOc1ccc(C2=C(N3CC(C)CC(C)C3)C(=O)N(CC3CCCO3)C2=O)cc1. The van der Waals surface area contributed by atoms with E-state index >= 15 is 0 Å². The average Bonchev–Trinajstić information content (AvgIpc) is 3.34.